The predicted octanol–water partition coefficient (Wildman–Crippen LogP) is 1.46. The molecule has 0 aliphatic carbocycles. The zero-order valence-corrected chi connectivity index (χ0v) is 11.4. The minimum atomic E-state index is -4.76. The van der Waals surface area contributed by atoms with Gasteiger partial charge in [0.15, 0.2) is 6.10 Å². The third-order valence-corrected chi connectivity index (χ3v) is 2.98. The van der Waals surface area contributed by atoms with Crippen molar-refractivity contribution in [3.8, 4) is 0 Å². The lowest BCUT2D eigenvalue weighted by molar-refractivity contribution is -0.201. The number of alkyl halides is 3. The highest BCUT2D eigenvalue weighted by molar-refractivity contribution is 5.99. The number of benzene rings is 1. The number of rotatable bonds is 4. The summed E-state index contributed by atoms with van der Waals surface area (Å²) in [6, 6.07) is 9.04. The fourth-order valence-electron chi connectivity index (χ4n) is 1.78. The summed E-state index contributed by atoms with van der Waals surface area (Å²) in [5.74, 6) is -0.671. The molecule has 0 bridgehead atoms. The summed E-state index contributed by atoms with van der Waals surface area (Å²) in [6.07, 6.45) is -4.52. The highest BCUT2D eigenvalue weighted by Gasteiger charge is 2.38. The molecule has 1 atom stereocenters. The average Bonchev–Trinajstić information content (AvgIpc) is 2.52. The van der Waals surface area contributed by atoms with E-state index in [0.717, 1.165) is 5.69 Å². The second kappa shape index (κ2) is 6.61. The Kier molecular flexibility index (Phi) is 4.81. The zero-order valence-electron chi connectivity index (χ0n) is 11.4. The summed E-state index contributed by atoms with van der Waals surface area (Å²) in [5.41, 5.74) is 1.01. The molecule has 0 saturated heterocycles. The highest BCUT2D eigenvalue weighted by atomic mass is 19.4. The second-order valence-corrected chi connectivity index (χ2v) is 4.62. The maximum absolute atomic E-state index is 12.2. The van der Waals surface area contributed by atoms with E-state index in [9.17, 15) is 18.0 Å². The Bertz CT molecular complexity index is 585. The first-order valence-electron chi connectivity index (χ1n) is 6.46. The molecule has 1 aliphatic heterocycles. The Morgan fingerprint density at radius 1 is 1.36 bits per heavy atom. The van der Waals surface area contributed by atoms with Crippen LogP contribution in [-0.2, 0) is 4.79 Å². The smallest absolute Gasteiger partial charge is 0.382 e. The van der Waals surface area contributed by atoms with E-state index >= 15 is 0 Å². The van der Waals surface area contributed by atoms with Gasteiger partial charge in [0.05, 0.1) is 18.8 Å². The lowest BCUT2D eigenvalue weighted by atomic mass is 10.2. The molecular weight excluding hydrogens is 299 g/mol. The lowest BCUT2D eigenvalue weighted by Crippen LogP contribution is -2.42. The van der Waals surface area contributed by atoms with Gasteiger partial charge in [0.2, 0.25) is 5.91 Å². The molecule has 22 heavy (non-hydrogen) atoms. The third kappa shape index (κ3) is 4.08. The molecule has 2 N–H and O–H groups in total. The van der Waals surface area contributed by atoms with Gasteiger partial charge in [-0.1, -0.05) is 18.2 Å². The molecule has 0 saturated carbocycles. The van der Waals surface area contributed by atoms with Crippen LogP contribution in [0.1, 0.15) is 0 Å². The number of nitrogens with zero attached hydrogens (tertiary/aromatic N) is 2. The number of allylic oxidation sites excluding steroid dienone is 1. The van der Waals surface area contributed by atoms with Crippen LogP contribution in [0, 0.1) is 0 Å². The summed E-state index contributed by atoms with van der Waals surface area (Å²) in [7, 11) is 0. The van der Waals surface area contributed by atoms with Crippen molar-refractivity contribution >= 4 is 17.8 Å². The van der Waals surface area contributed by atoms with E-state index in [2.05, 4.69) is 10.4 Å². The van der Waals surface area contributed by atoms with Crippen LogP contribution in [0.3, 0.4) is 0 Å². The molecule has 1 aliphatic rings. The Morgan fingerprint density at radius 2 is 2.05 bits per heavy atom. The number of carbonyl (C=O) groups is 1. The van der Waals surface area contributed by atoms with Crippen molar-refractivity contribution in [1.82, 2.24) is 5.32 Å². The third-order valence-electron chi connectivity index (χ3n) is 2.98. The lowest BCUT2D eigenvalue weighted by Gasteiger charge is -2.23. The van der Waals surface area contributed by atoms with E-state index in [4.69, 9.17) is 5.11 Å². The second-order valence-electron chi connectivity index (χ2n) is 4.62. The molecule has 0 spiro atoms. The molecule has 1 heterocycles. The molecule has 0 aromatic heterocycles. The number of hydrogen-bond acceptors (Lipinski definition) is 4. The molecular formula is C14H14F3N3O2. The number of amides is 1. The maximum Gasteiger partial charge on any atom is 0.416 e. The molecule has 1 aromatic carbocycles. The molecule has 0 fully saturated rings. The minimum absolute atomic E-state index is 0.133. The first-order valence-corrected chi connectivity index (χ1v) is 6.46. The number of para-hydroxylation sites is 1. The van der Waals surface area contributed by atoms with Crippen molar-refractivity contribution in [3.63, 3.8) is 0 Å². The maximum atomic E-state index is 12.2. The molecule has 1 amide bonds. The van der Waals surface area contributed by atoms with Gasteiger partial charge in [-0.05, 0) is 18.2 Å². The van der Waals surface area contributed by atoms with Crippen LogP contribution in [0.5, 0.6) is 0 Å². The first kappa shape index (κ1) is 16.0. The van der Waals surface area contributed by atoms with E-state index < -0.39 is 24.7 Å². The Morgan fingerprint density at radius 3 is 2.68 bits per heavy atom. The molecule has 1 aromatic rings. The van der Waals surface area contributed by atoms with E-state index in [1.54, 1.807) is 17.1 Å². The van der Waals surface area contributed by atoms with Crippen molar-refractivity contribution in [2.45, 2.75) is 12.3 Å². The standard InChI is InChI=1S/C14H14F3N3O2/c15-14(16,17)12(21)8-18-13(22)10-6-7-19-20(9-10)11-4-2-1-3-5-11/h1-7,12,21H,8-9H2,(H,18,22)/t12-/m0/s1. The summed E-state index contributed by atoms with van der Waals surface area (Å²) < 4.78 is 36.5. The monoisotopic (exact) mass is 313 g/mol. The van der Waals surface area contributed by atoms with Gasteiger partial charge in [-0.2, -0.15) is 18.3 Å². The number of carbonyl (C=O) groups excluding carboxylic acids is 1. The molecule has 0 radical (unpaired) electrons. The first-order chi connectivity index (χ1) is 10.4. The Labute approximate surface area is 124 Å². The number of aliphatic hydroxyl groups excluding tert-OH is 1. The van der Waals surface area contributed by atoms with E-state index in [1.807, 2.05) is 18.2 Å². The van der Waals surface area contributed by atoms with Crippen molar-refractivity contribution in [2.24, 2.45) is 5.10 Å². The van der Waals surface area contributed by atoms with Crippen LogP contribution in [0.2, 0.25) is 0 Å². The fourth-order valence-corrected chi connectivity index (χ4v) is 1.78. The van der Waals surface area contributed by atoms with Gasteiger partial charge in [0.25, 0.3) is 0 Å². The largest absolute Gasteiger partial charge is 0.416 e. The summed E-state index contributed by atoms with van der Waals surface area (Å²) in [4.78, 5) is 11.9. The molecule has 0 unspecified atom stereocenters. The highest BCUT2D eigenvalue weighted by Crippen LogP contribution is 2.20. The number of aliphatic hydroxyl groups is 1. The molecule has 2 rings (SSSR count). The zero-order chi connectivity index (χ0) is 16.2. The SMILES string of the molecule is O=C(NC[C@H](O)C(F)(F)F)C1=CC=NN(c2ccccc2)C1. The molecule has 5 nitrogen and oxygen atoms in total. The van der Waals surface area contributed by atoms with Gasteiger partial charge in [0, 0.05) is 11.8 Å². The Hall–Kier alpha value is -2.35. The normalized spacial score (nSPS) is 16.2. The van der Waals surface area contributed by atoms with Crippen LogP contribution in [0.4, 0.5) is 18.9 Å². The van der Waals surface area contributed by atoms with Gasteiger partial charge in [-0.25, -0.2) is 0 Å². The van der Waals surface area contributed by atoms with Gasteiger partial charge in [-0.3, -0.25) is 9.80 Å². The van der Waals surface area contributed by atoms with Crippen molar-refractivity contribution in [1.29, 1.82) is 0 Å². The van der Waals surface area contributed by atoms with Crippen molar-refractivity contribution < 1.29 is 23.1 Å². The number of anilines is 1. The van der Waals surface area contributed by atoms with Crippen LogP contribution in [0.15, 0.2) is 47.1 Å². The number of halogens is 3. The van der Waals surface area contributed by atoms with Gasteiger partial charge < -0.3 is 10.4 Å². The molecule has 8 heteroatoms. The van der Waals surface area contributed by atoms with E-state index in [0.29, 0.717) is 0 Å². The van der Waals surface area contributed by atoms with Gasteiger partial charge in [0.1, 0.15) is 0 Å². The average molecular weight is 313 g/mol. The van der Waals surface area contributed by atoms with Crippen LogP contribution in [-0.4, -0.2) is 42.6 Å². The minimum Gasteiger partial charge on any atom is -0.382 e. The van der Waals surface area contributed by atoms with Crippen LogP contribution >= 0.6 is 0 Å². The van der Waals surface area contributed by atoms with Crippen LogP contribution < -0.4 is 10.3 Å². The Balaban J connectivity index is 1.94. The van der Waals surface area contributed by atoms with Crippen molar-refractivity contribution in [3.05, 3.63) is 42.0 Å². The van der Waals surface area contributed by atoms with Gasteiger partial charge in [-0.15, -0.1) is 0 Å². The fraction of sp³-hybridized carbons (Fsp3) is 0.286. The number of hydrazone groups is 1. The topological polar surface area (TPSA) is 64.9 Å². The number of nitrogens with one attached hydrogen (secondary N) is 1. The number of hydrogen-bond donors (Lipinski definition) is 2. The van der Waals surface area contributed by atoms with Crippen molar-refractivity contribution in [2.75, 3.05) is 18.1 Å². The van der Waals surface area contributed by atoms with Crippen LogP contribution in [0.25, 0.3) is 0 Å². The predicted molar refractivity (Wildman–Crippen MR) is 75.4 cm³/mol. The van der Waals surface area contributed by atoms with E-state index in [-0.39, 0.29) is 12.1 Å². The summed E-state index contributed by atoms with van der Waals surface area (Å²) >= 11 is 0. The van der Waals surface area contributed by atoms with E-state index in [1.165, 1.54) is 12.3 Å². The summed E-state index contributed by atoms with van der Waals surface area (Å²) in [6.45, 7) is -0.753. The molecule has 118 valence electrons. The quantitative estimate of drug-likeness (QED) is 0.884. The summed E-state index contributed by atoms with van der Waals surface area (Å²) in [5, 5.41) is 16.6. The van der Waals surface area contributed by atoms with Gasteiger partial charge >= 0.3 is 6.18 Å².